The van der Waals surface area contributed by atoms with E-state index in [1.807, 2.05) is 53.7 Å². The van der Waals surface area contributed by atoms with Crippen molar-refractivity contribution >= 4 is 31.4 Å². The van der Waals surface area contributed by atoms with Gasteiger partial charge in [-0.15, -0.1) is 0 Å². The molecule has 0 atom stereocenters. The Hall–Kier alpha value is -4.46. The van der Waals surface area contributed by atoms with E-state index in [2.05, 4.69) is 9.44 Å². The molecule has 11 nitrogen and oxygen atoms in total. The molecule has 0 saturated heterocycles. The first kappa shape index (κ1) is 37.8. The Kier molecular flexibility index (Phi) is 11.4. The summed E-state index contributed by atoms with van der Waals surface area (Å²) in [7, 11) is -8.29. The second-order valence-corrected chi connectivity index (χ2v) is 17.3. The number of ether oxygens (including phenoxy) is 5. The highest BCUT2D eigenvalue weighted by atomic mass is 32.2. The maximum atomic E-state index is 13.9. The molecule has 4 aromatic carbocycles. The van der Waals surface area contributed by atoms with E-state index in [1.165, 1.54) is 0 Å². The molecule has 0 unspecified atom stereocenters. The van der Waals surface area contributed by atoms with Crippen molar-refractivity contribution in [2.24, 2.45) is 0 Å². The van der Waals surface area contributed by atoms with E-state index in [-0.39, 0.29) is 94.6 Å². The predicted octanol–water partition coefficient (Wildman–Crippen LogP) is 7.13. The van der Waals surface area contributed by atoms with E-state index in [0.717, 1.165) is 11.1 Å². The molecule has 0 fully saturated rings. The van der Waals surface area contributed by atoms with Crippen LogP contribution in [0.1, 0.15) is 52.7 Å². The number of fused-ring (bicyclic) bond motifs is 4. The van der Waals surface area contributed by atoms with Crippen molar-refractivity contribution in [2.45, 2.75) is 62.2 Å². The van der Waals surface area contributed by atoms with Crippen LogP contribution in [0.4, 0.5) is 11.4 Å². The quantitative estimate of drug-likeness (QED) is 0.193. The number of hydrogen-bond acceptors (Lipinski definition) is 9. The Bertz CT molecular complexity index is 1910. The maximum absolute atomic E-state index is 13.9. The molecule has 0 amide bonds. The van der Waals surface area contributed by atoms with Gasteiger partial charge in [-0.25, -0.2) is 16.8 Å². The van der Waals surface area contributed by atoms with Gasteiger partial charge < -0.3 is 23.7 Å². The van der Waals surface area contributed by atoms with Crippen molar-refractivity contribution in [3.05, 3.63) is 96.1 Å². The highest BCUT2D eigenvalue weighted by Crippen LogP contribution is 2.36. The predicted molar refractivity (Wildman–Crippen MR) is 198 cm³/mol. The first-order valence-electron chi connectivity index (χ1n) is 16.7. The van der Waals surface area contributed by atoms with Gasteiger partial charge in [-0.05, 0) is 70.5 Å². The summed E-state index contributed by atoms with van der Waals surface area (Å²) in [6.45, 7) is 12.4. The largest absolute Gasteiger partial charge is 0.490 e. The molecule has 13 heteroatoms. The van der Waals surface area contributed by atoms with Crippen molar-refractivity contribution < 1.29 is 40.5 Å². The summed E-state index contributed by atoms with van der Waals surface area (Å²) >= 11 is 0. The number of benzene rings is 4. The average molecular weight is 739 g/mol. The summed E-state index contributed by atoms with van der Waals surface area (Å²) in [5, 5.41) is 0. The molecule has 5 rings (SSSR count). The van der Waals surface area contributed by atoms with Crippen LogP contribution < -0.4 is 28.4 Å². The molecule has 4 aromatic rings. The Morgan fingerprint density at radius 1 is 0.471 bits per heavy atom. The van der Waals surface area contributed by atoms with E-state index in [1.54, 1.807) is 72.8 Å². The van der Waals surface area contributed by atoms with Crippen LogP contribution in [0.5, 0.6) is 23.0 Å². The van der Waals surface area contributed by atoms with Gasteiger partial charge in [0.05, 0.1) is 24.6 Å². The van der Waals surface area contributed by atoms with Gasteiger partial charge in [0.25, 0.3) is 20.0 Å². The molecule has 0 aliphatic carbocycles. The summed E-state index contributed by atoms with van der Waals surface area (Å²) in [5.74, 6) is 0.901. The summed E-state index contributed by atoms with van der Waals surface area (Å²) in [5.41, 5.74) is 1.44. The highest BCUT2D eigenvalue weighted by molar-refractivity contribution is 7.93. The molecule has 0 saturated carbocycles. The van der Waals surface area contributed by atoms with Crippen molar-refractivity contribution in [2.75, 3.05) is 49.1 Å². The normalized spacial score (nSPS) is 17.1. The van der Waals surface area contributed by atoms with E-state index in [4.69, 9.17) is 23.7 Å². The molecular formula is C38H46N2O9S2. The summed E-state index contributed by atoms with van der Waals surface area (Å²) in [6.07, 6.45) is 0. The Labute approximate surface area is 301 Å². The van der Waals surface area contributed by atoms with Gasteiger partial charge in [-0.1, -0.05) is 77.9 Å². The van der Waals surface area contributed by atoms with Crippen LogP contribution in [0.15, 0.2) is 94.7 Å². The number of rotatable bonds is 0. The standard InChI is InChI=1S/C38H46N2O9S2/c1-37(2,3)27-15-17-33-35(25-27)50(41,42)39-29-11-7-9-13-31(29)46-23-24-47-32-14-10-8-12-30(32)40-51(43,44)36-26-28(38(4,5)6)16-18-34(36)49-22-20-45-19-21-48-33/h7-18,25-26,39-40H,19-24H2,1-6H3. The molecule has 0 bridgehead atoms. The average Bonchev–Trinajstić information content (AvgIpc) is 3.06. The molecule has 1 aliphatic rings. The van der Waals surface area contributed by atoms with E-state index in [9.17, 15) is 16.8 Å². The number of nitrogens with one attached hydrogen (secondary N) is 2. The summed E-state index contributed by atoms with van der Waals surface area (Å²) in [6, 6.07) is 23.6. The minimum absolute atomic E-state index is 0.0219. The topological polar surface area (TPSA) is 138 Å². The van der Waals surface area contributed by atoms with Crippen molar-refractivity contribution in [3.63, 3.8) is 0 Å². The van der Waals surface area contributed by atoms with Gasteiger partial charge in [0.15, 0.2) is 0 Å². The lowest BCUT2D eigenvalue weighted by Gasteiger charge is -2.22. The SMILES string of the molecule is CC(C)(C)c1ccc2c(c1)S(=O)(=O)Nc1ccccc1OCCOc1ccccc1NS(=O)(=O)c1cc(C(C)(C)C)ccc1OCCOCCO2. The first-order valence-corrected chi connectivity index (χ1v) is 19.6. The van der Waals surface area contributed by atoms with Gasteiger partial charge in [0, 0.05) is 0 Å². The Balaban J connectivity index is 1.48. The molecule has 274 valence electrons. The van der Waals surface area contributed by atoms with Gasteiger partial charge in [0.2, 0.25) is 0 Å². The Morgan fingerprint density at radius 2 is 0.824 bits per heavy atom. The molecular weight excluding hydrogens is 693 g/mol. The number of anilines is 2. The van der Waals surface area contributed by atoms with Crippen LogP contribution in [-0.2, 0) is 35.6 Å². The van der Waals surface area contributed by atoms with Crippen molar-refractivity contribution in [3.8, 4) is 23.0 Å². The fourth-order valence-corrected chi connectivity index (χ4v) is 7.67. The van der Waals surface area contributed by atoms with E-state index in [0.29, 0.717) is 0 Å². The lowest BCUT2D eigenvalue weighted by molar-refractivity contribution is 0.0750. The fourth-order valence-electron chi connectivity index (χ4n) is 5.19. The third-order valence-electron chi connectivity index (χ3n) is 8.03. The van der Waals surface area contributed by atoms with Crippen LogP contribution in [0.3, 0.4) is 0 Å². The van der Waals surface area contributed by atoms with Crippen LogP contribution in [0.2, 0.25) is 0 Å². The lowest BCUT2D eigenvalue weighted by Crippen LogP contribution is -2.19. The highest BCUT2D eigenvalue weighted by Gasteiger charge is 2.27. The molecule has 0 aromatic heterocycles. The summed E-state index contributed by atoms with van der Waals surface area (Å²) in [4.78, 5) is -0.0438. The van der Waals surface area contributed by atoms with Gasteiger partial charge >= 0.3 is 0 Å². The maximum Gasteiger partial charge on any atom is 0.265 e. The number of sulfonamides is 2. The van der Waals surface area contributed by atoms with Crippen LogP contribution in [0.25, 0.3) is 0 Å². The minimum Gasteiger partial charge on any atom is -0.490 e. The summed E-state index contributed by atoms with van der Waals surface area (Å²) < 4.78 is 90.5. The van der Waals surface area contributed by atoms with Gasteiger partial charge in [0.1, 0.15) is 59.2 Å². The molecule has 0 radical (unpaired) electrons. The first-order chi connectivity index (χ1) is 24.0. The van der Waals surface area contributed by atoms with Crippen LogP contribution in [0, 0.1) is 0 Å². The number of hydrogen-bond donors (Lipinski definition) is 2. The number of para-hydroxylation sites is 4. The second kappa shape index (κ2) is 15.4. The third-order valence-corrected chi connectivity index (χ3v) is 10.8. The zero-order chi connectivity index (χ0) is 36.9. The monoisotopic (exact) mass is 738 g/mol. The van der Waals surface area contributed by atoms with Crippen LogP contribution in [-0.4, -0.2) is 56.5 Å². The second-order valence-electron chi connectivity index (χ2n) is 14.0. The molecule has 2 N–H and O–H groups in total. The molecule has 1 heterocycles. The fraction of sp³-hybridized carbons (Fsp3) is 0.368. The molecule has 1 aliphatic heterocycles. The molecule has 0 spiro atoms. The zero-order valence-electron chi connectivity index (χ0n) is 29.8. The smallest absolute Gasteiger partial charge is 0.265 e. The Morgan fingerprint density at radius 3 is 1.22 bits per heavy atom. The van der Waals surface area contributed by atoms with Crippen LogP contribution >= 0.6 is 0 Å². The van der Waals surface area contributed by atoms with Gasteiger partial charge in [-0.2, -0.15) is 0 Å². The molecule has 51 heavy (non-hydrogen) atoms. The van der Waals surface area contributed by atoms with Crippen molar-refractivity contribution in [1.82, 2.24) is 0 Å². The van der Waals surface area contributed by atoms with Gasteiger partial charge in [-0.3, -0.25) is 9.44 Å². The van der Waals surface area contributed by atoms with E-state index >= 15 is 0 Å². The van der Waals surface area contributed by atoms with E-state index < -0.39 is 20.0 Å². The van der Waals surface area contributed by atoms with Crippen molar-refractivity contribution in [1.29, 1.82) is 0 Å². The minimum atomic E-state index is -4.14. The lowest BCUT2D eigenvalue weighted by atomic mass is 9.87. The third kappa shape index (κ3) is 9.66. The zero-order valence-corrected chi connectivity index (χ0v) is 31.4.